The molecule has 0 fully saturated rings. The summed E-state index contributed by atoms with van der Waals surface area (Å²) in [6.45, 7) is 3.81. The third-order valence-electron chi connectivity index (χ3n) is 3.19. The summed E-state index contributed by atoms with van der Waals surface area (Å²) in [7, 11) is 0. The first-order valence-corrected chi connectivity index (χ1v) is 7.31. The summed E-state index contributed by atoms with van der Waals surface area (Å²) in [6.07, 6.45) is 2.89. The van der Waals surface area contributed by atoms with Crippen LogP contribution in [0.3, 0.4) is 0 Å². The molecule has 0 radical (unpaired) electrons. The van der Waals surface area contributed by atoms with Crippen LogP contribution in [0.25, 0.3) is 0 Å². The number of aliphatic carboxylic acids is 1. The van der Waals surface area contributed by atoms with Crippen LogP contribution in [-0.4, -0.2) is 29.6 Å². The fourth-order valence-electron chi connectivity index (χ4n) is 1.98. The van der Waals surface area contributed by atoms with Crippen LogP contribution in [0, 0.1) is 0 Å². The first kappa shape index (κ1) is 17.0. The number of carboxylic acids is 1. The van der Waals surface area contributed by atoms with Gasteiger partial charge in [0.25, 0.3) is 5.91 Å². The van der Waals surface area contributed by atoms with E-state index in [1.807, 2.05) is 32.0 Å². The highest BCUT2D eigenvalue weighted by Gasteiger charge is 2.19. The van der Waals surface area contributed by atoms with Crippen LogP contribution >= 0.6 is 0 Å². The maximum atomic E-state index is 11.8. The minimum Gasteiger partial charge on any atom is -0.483 e. The fourth-order valence-corrected chi connectivity index (χ4v) is 1.98. The Kier molecular flexibility index (Phi) is 7.29. The van der Waals surface area contributed by atoms with E-state index in [0.717, 1.165) is 24.8 Å². The Hall–Kier alpha value is -2.04. The number of benzene rings is 1. The predicted molar refractivity (Wildman–Crippen MR) is 80.4 cm³/mol. The highest BCUT2D eigenvalue weighted by molar-refractivity contribution is 5.84. The van der Waals surface area contributed by atoms with Gasteiger partial charge in [0.1, 0.15) is 11.8 Å². The Labute approximate surface area is 125 Å². The number of unbranched alkanes of at least 4 members (excludes halogenated alkanes) is 1. The SMILES string of the molecule is CCCCC(NC(=O)COc1ccccc1CC)C(=O)O. The molecule has 0 bridgehead atoms. The Balaban J connectivity index is 2.50. The molecule has 116 valence electrons. The van der Waals surface area contributed by atoms with Crippen molar-refractivity contribution >= 4 is 11.9 Å². The molecule has 0 saturated carbocycles. The van der Waals surface area contributed by atoms with Gasteiger partial charge in [-0.3, -0.25) is 4.79 Å². The molecule has 1 atom stereocenters. The Bertz CT molecular complexity index is 473. The van der Waals surface area contributed by atoms with Gasteiger partial charge in [0.15, 0.2) is 6.61 Å². The average Bonchev–Trinajstić information content (AvgIpc) is 2.49. The van der Waals surface area contributed by atoms with Crippen LogP contribution in [0.4, 0.5) is 0 Å². The van der Waals surface area contributed by atoms with E-state index < -0.39 is 17.9 Å². The summed E-state index contributed by atoms with van der Waals surface area (Å²) in [4.78, 5) is 22.9. The van der Waals surface area contributed by atoms with Gasteiger partial charge >= 0.3 is 5.97 Å². The number of aryl methyl sites for hydroxylation is 1. The zero-order valence-electron chi connectivity index (χ0n) is 12.6. The van der Waals surface area contributed by atoms with Crippen molar-refractivity contribution in [2.45, 2.75) is 45.6 Å². The predicted octanol–water partition coefficient (Wildman–Crippen LogP) is 2.39. The summed E-state index contributed by atoms with van der Waals surface area (Å²) in [5.41, 5.74) is 1.02. The summed E-state index contributed by atoms with van der Waals surface area (Å²) in [6, 6.07) is 6.65. The lowest BCUT2D eigenvalue weighted by Crippen LogP contribution is -2.42. The van der Waals surface area contributed by atoms with Crippen molar-refractivity contribution in [3.63, 3.8) is 0 Å². The number of amides is 1. The number of ether oxygens (including phenoxy) is 1. The standard InChI is InChI=1S/C16H23NO4/c1-3-5-9-13(16(19)20)17-15(18)11-21-14-10-7-6-8-12(14)4-2/h6-8,10,13H,3-5,9,11H2,1-2H3,(H,17,18)(H,19,20). The molecule has 0 aliphatic rings. The second kappa shape index (κ2) is 9.00. The maximum Gasteiger partial charge on any atom is 0.326 e. The third kappa shape index (κ3) is 5.85. The molecular weight excluding hydrogens is 270 g/mol. The molecule has 0 saturated heterocycles. The van der Waals surface area contributed by atoms with Gasteiger partial charge < -0.3 is 15.2 Å². The molecule has 0 heterocycles. The van der Waals surface area contributed by atoms with Crippen molar-refractivity contribution in [3.8, 4) is 5.75 Å². The molecule has 0 spiro atoms. The van der Waals surface area contributed by atoms with Gasteiger partial charge in [-0.25, -0.2) is 4.79 Å². The van der Waals surface area contributed by atoms with Crippen LogP contribution in [0.15, 0.2) is 24.3 Å². The quantitative estimate of drug-likeness (QED) is 0.733. The van der Waals surface area contributed by atoms with E-state index in [2.05, 4.69) is 5.32 Å². The zero-order chi connectivity index (χ0) is 15.7. The molecule has 5 nitrogen and oxygen atoms in total. The Morgan fingerprint density at radius 2 is 2.00 bits per heavy atom. The van der Waals surface area contributed by atoms with E-state index in [1.165, 1.54) is 0 Å². The van der Waals surface area contributed by atoms with Crippen LogP contribution in [0.2, 0.25) is 0 Å². The first-order chi connectivity index (χ1) is 10.1. The van der Waals surface area contributed by atoms with Gasteiger partial charge in [-0.05, 0) is 24.5 Å². The van der Waals surface area contributed by atoms with Gasteiger partial charge in [0, 0.05) is 0 Å². The molecule has 1 rings (SSSR count). The van der Waals surface area contributed by atoms with Gasteiger partial charge in [0.05, 0.1) is 0 Å². The van der Waals surface area contributed by atoms with Crippen molar-refractivity contribution in [1.82, 2.24) is 5.32 Å². The minimum atomic E-state index is -1.01. The molecule has 0 aliphatic heterocycles. The van der Waals surface area contributed by atoms with Crippen molar-refractivity contribution in [2.24, 2.45) is 0 Å². The van der Waals surface area contributed by atoms with Gasteiger partial charge in [-0.1, -0.05) is 44.9 Å². The van der Waals surface area contributed by atoms with E-state index in [9.17, 15) is 9.59 Å². The minimum absolute atomic E-state index is 0.174. The lowest BCUT2D eigenvalue weighted by molar-refractivity contribution is -0.142. The van der Waals surface area contributed by atoms with E-state index in [-0.39, 0.29) is 6.61 Å². The van der Waals surface area contributed by atoms with Crippen molar-refractivity contribution < 1.29 is 19.4 Å². The summed E-state index contributed by atoms with van der Waals surface area (Å²) < 4.78 is 5.47. The smallest absolute Gasteiger partial charge is 0.326 e. The monoisotopic (exact) mass is 293 g/mol. The third-order valence-corrected chi connectivity index (χ3v) is 3.19. The van der Waals surface area contributed by atoms with E-state index >= 15 is 0 Å². The maximum absolute atomic E-state index is 11.8. The fraction of sp³-hybridized carbons (Fsp3) is 0.500. The van der Waals surface area contributed by atoms with Crippen molar-refractivity contribution in [3.05, 3.63) is 29.8 Å². The number of hydrogen-bond acceptors (Lipinski definition) is 3. The lowest BCUT2D eigenvalue weighted by Gasteiger charge is -2.15. The van der Waals surface area contributed by atoms with E-state index in [4.69, 9.17) is 9.84 Å². The van der Waals surface area contributed by atoms with Crippen LogP contribution in [-0.2, 0) is 16.0 Å². The Morgan fingerprint density at radius 3 is 2.62 bits per heavy atom. The number of carboxylic acid groups (broad SMARTS) is 1. The molecule has 2 N–H and O–H groups in total. The van der Waals surface area contributed by atoms with E-state index in [1.54, 1.807) is 6.07 Å². The molecule has 5 heteroatoms. The summed E-state index contributed by atoms with van der Waals surface area (Å²) in [5, 5.41) is 11.6. The van der Waals surface area contributed by atoms with E-state index in [0.29, 0.717) is 12.2 Å². The van der Waals surface area contributed by atoms with Gasteiger partial charge in [-0.15, -0.1) is 0 Å². The molecular formula is C16H23NO4. The van der Waals surface area contributed by atoms with Gasteiger partial charge in [0.2, 0.25) is 0 Å². The summed E-state index contributed by atoms with van der Waals surface area (Å²) in [5.74, 6) is -0.759. The molecule has 21 heavy (non-hydrogen) atoms. The average molecular weight is 293 g/mol. The lowest BCUT2D eigenvalue weighted by atomic mass is 10.1. The molecule has 1 aromatic carbocycles. The Morgan fingerprint density at radius 1 is 1.29 bits per heavy atom. The van der Waals surface area contributed by atoms with Crippen molar-refractivity contribution in [2.75, 3.05) is 6.61 Å². The second-order valence-electron chi connectivity index (χ2n) is 4.85. The van der Waals surface area contributed by atoms with Crippen molar-refractivity contribution in [1.29, 1.82) is 0 Å². The molecule has 0 aromatic heterocycles. The highest BCUT2D eigenvalue weighted by atomic mass is 16.5. The molecule has 1 unspecified atom stereocenters. The van der Waals surface area contributed by atoms with Crippen LogP contribution in [0.5, 0.6) is 5.75 Å². The number of nitrogens with one attached hydrogen (secondary N) is 1. The topological polar surface area (TPSA) is 75.6 Å². The number of carbonyl (C=O) groups is 2. The molecule has 0 aliphatic carbocycles. The van der Waals surface area contributed by atoms with Crippen LogP contribution in [0.1, 0.15) is 38.7 Å². The largest absolute Gasteiger partial charge is 0.483 e. The first-order valence-electron chi connectivity index (χ1n) is 7.31. The number of hydrogen-bond donors (Lipinski definition) is 2. The number of rotatable bonds is 9. The van der Waals surface area contributed by atoms with Crippen LogP contribution < -0.4 is 10.1 Å². The normalized spacial score (nSPS) is 11.7. The highest BCUT2D eigenvalue weighted by Crippen LogP contribution is 2.17. The molecule has 1 amide bonds. The summed E-state index contributed by atoms with van der Waals surface area (Å²) >= 11 is 0. The zero-order valence-corrected chi connectivity index (χ0v) is 12.6. The number of carbonyl (C=O) groups excluding carboxylic acids is 1. The molecule has 1 aromatic rings. The van der Waals surface area contributed by atoms with Gasteiger partial charge in [-0.2, -0.15) is 0 Å². The number of para-hydroxylation sites is 1. The second-order valence-corrected chi connectivity index (χ2v) is 4.85.